The van der Waals surface area contributed by atoms with Gasteiger partial charge < -0.3 is 4.74 Å². The molecule has 1 aromatic carbocycles. The van der Waals surface area contributed by atoms with Crippen molar-refractivity contribution in [2.75, 3.05) is 32.8 Å². The molecule has 2 heterocycles. The number of hydrogen-bond donors (Lipinski definition) is 1. The molecular formula is C17H25FN2O3S. The summed E-state index contributed by atoms with van der Waals surface area (Å²) < 4.78 is 46.0. The summed E-state index contributed by atoms with van der Waals surface area (Å²) in [6.45, 7) is 3.67. The second-order valence-electron chi connectivity index (χ2n) is 6.69. The van der Waals surface area contributed by atoms with Crippen LogP contribution in [0.2, 0.25) is 0 Å². The van der Waals surface area contributed by atoms with E-state index in [-0.39, 0.29) is 5.82 Å². The van der Waals surface area contributed by atoms with Gasteiger partial charge in [0.15, 0.2) is 0 Å². The van der Waals surface area contributed by atoms with E-state index in [0.717, 1.165) is 31.5 Å². The molecule has 0 aromatic heterocycles. The molecule has 2 aliphatic heterocycles. The van der Waals surface area contributed by atoms with Gasteiger partial charge in [-0.2, -0.15) is 0 Å². The van der Waals surface area contributed by atoms with Gasteiger partial charge in [0, 0.05) is 25.3 Å². The first-order valence-corrected chi connectivity index (χ1v) is 10.1. The number of nitrogens with zero attached hydrogens (tertiary/aromatic N) is 1. The van der Waals surface area contributed by atoms with Gasteiger partial charge in [0.2, 0.25) is 10.0 Å². The van der Waals surface area contributed by atoms with Gasteiger partial charge in [-0.1, -0.05) is 18.2 Å². The third-order valence-corrected chi connectivity index (χ3v) is 6.78. The molecule has 1 atom stereocenters. The van der Waals surface area contributed by atoms with Crippen molar-refractivity contribution in [2.24, 2.45) is 5.92 Å². The van der Waals surface area contributed by atoms with Crippen molar-refractivity contribution in [1.29, 1.82) is 0 Å². The van der Waals surface area contributed by atoms with Crippen molar-refractivity contribution in [3.05, 3.63) is 35.6 Å². The Bertz CT molecular complexity index is 639. The van der Waals surface area contributed by atoms with Crippen molar-refractivity contribution < 1.29 is 17.5 Å². The zero-order chi connectivity index (χ0) is 17.0. The predicted octanol–water partition coefficient (Wildman–Crippen LogP) is 1.75. The number of ether oxygens (including phenoxy) is 1. The first-order chi connectivity index (χ1) is 11.5. The van der Waals surface area contributed by atoms with Crippen LogP contribution in [0.1, 0.15) is 24.8 Å². The largest absolute Gasteiger partial charge is 0.380 e. The van der Waals surface area contributed by atoms with E-state index in [4.69, 9.17) is 4.74 Å². The number of sulfonamides is 1. The van der Waals surface area contributed by atoms with Crippen LogP contribution < -0.4 is 4.72 Å². The van der Waals surface area contributed by atoms with Crippen molar-refractivity contribution in [3.8, 4) is 0 Å². The number of hydrogen-bond acceptors (Lipinski definition) is 4. The van der Waals surface area contributed by atoms with Crippen molar-refractivity contribution in [1.82, 2.24) is 9.62 Å². The summed E-state index contributed by atoms with van der Waals surface area (Å²) in [6, 6.07) is 6.86. The van der Waals surface area contributed by atoms with Gasteiger partial charge in [-0.25, -0.2) is 17.5 Å². The van der Waals surface area contributed by atoms with Gasteiger partial charge in [-0.05, 0) is 44.3 Å². The average molecular weight is 356 g/mol. The third kappa shape index (κ3) is 4.53. The summed E-state index contributed by atoms with van der Waals surface area (Å²) in [5.41, 5.74) is 0.720. The molecule has 3 rings (SSSR count). The highest BCUT2D eigenvalue weighted by Crippen LogP contribution is 2.20. The summed E-state index contributed by atoms with van der Waals surface area (Å²) in [5, 5.41) is -0.404. The molecule has 24 heavy (non-hydrogen) atoms. The summed E-state index contributed by atoms with van der Waals surface area (Å²) in [7, 11) is -3.27. The molecule has 0 amide bonds. The minimum absolute atomic E-state index is 0.161. The van der Waals surface area contributed by atoms with E-state index < -0.39 is 15.3 Å². The fourth-order valence-electron chi connectivity index (χ4n) is 3.33. The standard InChI is InChI=1S/C17H25FN2O3S/c18-17-4-2-1-3-15(17)12-20-8-5-14(6-9-20)11-19-24(21,22)16-7-10-23-13-16/h1-4,14,16,19H,5-13H2. The van der Waals surface area contributed by atoms with Gasteiger partial charge in [-0.3, -0.25) is 4.90 Å². The van der Waals surface area contributed by atoms with Gasteiger partial charge in [-0.15, -0.1) is 0 Å². The Morgan fingerprint density at radius 2 is 1.96 bits per heavy atom. The number of halogens is 1. The Morgan fingerprint density at radius 3 is 2.62 bits per heavy atom. The van der Waals surface area contributed by atoms with Crippen LogP contribution in [0.4, 0.5) is 4.39 Å². The second kappa shape index (κ2) is 7.91. The number of benzene rings is 1. The van der Waals surface area contributed by atoms with E-state index in [2.05, 4.69) is 9.62 Å². The highest BCUT2D eigenvalue weighted by molar-refractivity contribution is 7.90. The Morgan fingerprint density at radius 1 is 1.21 bits per heavy atom. The lowest BCUT2D eigenvalue weighted by Gasteiger charge is -2.32. The number of likely N-dealkylation sites (tertiary alicyclic amines) is 1. The summed E-state index contributed by atoms with van der Waals surface area (Å²) >= 11 is 0. The predicted molar refractivity (Wildman–Crippen MR) is 90.5 cm³/mol. The maximum absolute atomic E-state index is 13.7. The van der Waals surface area contributed by atoms with Gasteiger partial charge in [0.25, 0.3) is 0 Å². The van der Waals surface area contributed by atoms with Gasteiger partial charge in [0.1, 0.15) is 11.1 Å². The molecule has 1 aromatic rings. The molecule has 0 bridgehead atoms. The fourth-order valence-corrected chi connectivity index (χ4v) is 4.71. The van der Waals surface area contributed by atoms with E-state index in [9.17, 15) is 12.8 Å². The number of nitrogens with one attached hydrogen (secondary N) is 1. The van der Waals surface area contributed by atoms with E-state index in [1.165, 1.54) is 6.07 Å². The minimum Gasteiger partial charge on any atom is -0.380 e. The highest BCUT2D eigenvalue weighted by atomic mass is 32.2. The maximum Gasteiger partial charge on any atom is 0.216 e. The monoisotopic (exact) mass is 356 g/mol. The second-order valence-corrected chi connectivity index (χ2v) is 8.74. The quantitative estimate of drug-likeness (QED) is 0.844. The van der Waals surface area contributed by atoms with Crippen LogP contribution in [-0.2, 0) is 21.3 Å². The SMILES string of the molecule is O=S(=O)(NCC1CCN(Cc2ccccc2F)CC1)C1CCOC1. The third-order valence-electron chi connectivity index (χ3n) is 4.96. The molecule has 0 spiro atoms. The molecule has 1 N–H and O–H groups in total. The lowest BCUT2D eigenvalue weighted by Crippen LogP contribution is -2.41. The number of rotatable bonds is 6. The molecule has 2 aliphatic rings. The van der Waals surface area contributed by atoms with Crippen molar-refractivity contribution in [2.45, 2.75) is 31.1 Å². The molecular weight excluding hydrogens is 331 g/mol. The molecule has 0 saturated carbocycles. The highest BCUT2D eigenvalue weighted by Gasteiger charge is 2.30. The van der Waals surface area contributed by atoms with Gasteiger partial charge >= 0.3 is 0 Å². The summed E-state index contributed by atoms with van der Waals surface area (Å²) in [5.74, 6) is 0.185. The zero-order valence-electron chi connectivity index (χ0n) is 13.8. The smallest absolute Gasteiger partial charge is 0.216 e. The zero-order valence-corrected chi connectivity index (χ0v) is 14.6. The van der Waals surface area contributed by atoms with E-state index in [1.54, 1.807) is 6.07 Å². The van der Waals surface area contributed by atoms with Gasteiger partial charge in [0.05, 0.1) is 6.61 Å². The molecule has 134 valence electrons. The average Bonchev–Trinajstić information content (AvgIpc) is 3.12. The molecule has 0 aliphatic carbocycles. The Balaban J connectivity index is 1.43. The van der Waals surface area contributed by atoms with E-state index >= 15 is 0 Å². The molecule has 7 heteroatoms. The molecule has 2 saturated heterocycles. The lowest BCUT2D eigenvalue weighted by molar-refractivity contribution is 0.176. The molecule has 1 unspecified atom stereocenters. The van der Waals surface area contributed by atoms with Crippen molar-refractivity contribution >= 4 is 10.0 Å². The topological polar surface area (TPSA) is 58.6 Å². The molecule has 0 radical (unpaired) electrons. The minimum atomic E-state index is -3.27. The summed E-state index contributed by atoms with van der Waals surface area (Å²) in [6.07, 6.45) is 2.44. The van der Waals surface area contributed by atoms with Crippen LogP contribution in [0, 0.1) is 11.7 Å². The van der Waals surface area contributed by atoms with Crippen LogP contribution >= 0.6 is 0 Å². The maximum atomic E-state index is 13.7. The van der Waals surface area contributed by atoms with Crippen LogP contribution in [0.15, 0.2) is 24.3 Å². The van der Waals surface area contributed by atoms with Crippen LogP contribution in [0.5, 0.6) is 0 Å². The number of piperidine rings is 1. The van der Waals surface area contributed by atoms with E-state index in [0.29, 0.717) is 38.6 Å². The van der Waals surface area contributed by atoms with Crippen LogP contribution in [-0.4, -0.2) is 51.4 Å². The Labute approximate surface area is 143 Å². The first kappa shape index (κ1) is 17.8. The first-order valence-electron chi connectivity index (χ1n) is 8.56. The normalized spacial score (nSPS) is 23.6. The molecule has 2 fully saturated rings. The van der Waals surface area contributed by atoms with Crippen LogP contribution in [0.3, 0.4) is 0 Å². The lowest BCUT2D eigenvalue weighted by atomic mass is 9.97. The Kier molecular flexibility index (Phi) is 5.86. The molecule has 5 nitrogen and oxygen atoms in total. The van der Waals surface area contributed by atoms with Crippen molar-refractivity contribution in [3.63, 3.8) is 0 Å². The summed E-state index contributed by atoms with van der Waals surface area (Å²) in [4.78, 5) is 2.23. The van der Waals surface area contributed by atoms with E-state index in [1.807, 2.05) is 12.1 Å². The van der Waals surface area contributed by atoms with Crippen LogP contribution in [0.25, 0.3) is 0 Å². The Hall–Kier alpha value is -1.02. The fraction of sp³-hybridized carbons (Fsp3) is 0.647.